The highest BCUT2D eigenvalue weighted by Gasteiger charge is 2.61. The van der Waals surface area contributed by atoms with Crippen LogP contribution in [0.2, 0.25) is 0 Å². The second-order valence-corrected chi connectivity index (χ2v) is 9.91. The Bertz CT molecular complexity index is 917. The van der Waals surface area contributed by atoms with E-state index in [1.165, 1.54) is 9.47 Å². The Hall–Kier alpha value is -2.31. The highest BCUT2D eigenvalue weighted by molar-refractivity contribution is 5.99. The van der Waals surface area contributed by atoms with Crippen molar-refractivity contribution >= 4 is 17.4 Å². The molecule has 0 aromatic carbocycles. The average molecular weight is 405 g/mol. The molecule has 0 spiro atoms. The molecule has 0 aliphatic heterocycles. The molecule has 1 saturated carbocycles. The topological polar surface area (TPSA) is 101 Å². The summed E-state index contributed by atoms with van der Waals surface area (Å²) in [6, 6.07) is 0. The van der Waals surface area contributed by atoms with Gasteiger partial charge >= 0.3 is 5.69 Å². The molecule has 1 aliphatic rings. The van der Waals surface area contributed by atoms with Crippen LogP contribution in [0.25, 0.3) is 0 Å². The number of anilines is 2. The van der Waals surface area contributed by atoms with Gasteiger partial charge in [-0.25, -0.2) is 4.79 Å². The zero-order valence-electron chi connectivity index (χ0n) is 19.0. The third-order valence-electron chi connectivity index (χ3n) is 5.54. The van der Waals surface area contributed by atoms with Crippen molar-refractivity contribution in [3.8, 4) is 0 Å². The van der Waals surface area contributed by atoms with Crippen LogP contribution < -0.4 is 21.9 Å². The quantitative estimate of drug-likeness (QED) is 0.682. The molecule has 2 rings (SSSR count). The van der Waals surface area contributed by atoms with Gasteiger partial charge in [0.1, 0.15) is 5.82 Å². The maximum Gasteiger partial charge on any atom is 0.330 e. The molecule has 7 nitrogen and oxygen atoms in total. The molecule has 1 aromatic heterocycles. The number of amides is 1. The molecule has 2 atom stereocenters. The van der Waals surface area contributed by atoms with Crippen LogP contribution in [0.5, 0.6) is 0 Å². The summed E-state index contributed by atoms with van der Waals surface area (Å²) in [7, 11) is 0. The van der Waals surface area contributed by atoms with Gasteiger partial charge in [0.15, 0.2) is 5.69 Å². The molecule has 1 fully saturated rings. The predicted octanol–water partition coefficient (Wildman–Crippen LogP) is 3.00. The van der Waals surface area contributed by atoms with Crippen molar-refractivity contribution in [3.05, 3.63) is 32.5 Å². The van der Waals surface area contributed by atoms with Crippen molar-refractivity contribution in [1.29, 1.82) is 0 Å². The van der Waals surface area contributed by atoms with Crippen molar-refractivity contribution in [1.82, 2.24) is 9.55 Å². The van der Waals surface area contributed by atoms with Gasteiger partial charge < -0.3 is 10.6 Å². The van der Waals surface area contributed by atoms with E-state index in [1.807, 2.05) is 41.5 Å². The van der Waals surface area contributed by atoms with Gasteiger partial charge in [0, 0.05) is 13.1 Å². The van der Waals surface area contributed by atoms with E-state index in [0.717, 1.165) is 5.57 Å². The van der Waals surface area contributed by atoms with Crippen molar-refractivity contribution in [2.75, 3.05) is 17.2 Å². The maximum atomic E-state index is 13.6. The number of carbonyl (C=O) groups is 1. The molecule has 1 heterocycles. The fourth-order valence-electron chi connectivity index (χ4n) is 4.03. The van der Waals surface area contributed by atoms with E-state index in [0.29, 0.717) is 13.1 Å². The van der Waals surface area contributed by atoms with Gasteiger partial charge in [0.05, 0.1) is 5.92 Å². The minimum Gasteiger partial charge on any atom is -0.383 e. The van der Waals surface area contributed by atoms with Crippen LogP contribution in [0.1, 0.15) is 55.4 Å². The summed E-state index contributed by atoms with van der Waals surface area (Å²) >= 11 is 0. The number of nitrogens with one attached hydrogen (secondary N) is 1. The predicted molar refractivity (Wildman–Crippen MR) is 118 cm³/mol. The lowest BCUT2D eigenvalue weighted by Crippen LogP contribution is -2.44. The molecule has 1 aliphatic carbocycles. The number of nitrogens with zero attached hydrogens (tertiary/aromatic N) is 2. The zero-order valence-corrected chi connectivity index (χ0v) is 19.0. The second kappa shape index (κ2) is 8.20. The molecule has 1 amide bonds. The molecule has 0 saturated heterocycles. The summed E-state index contributed by atoms with van der Waals surface area (Å²) in [5.41, 5.74) is 6.20. The SMILES string of the molecule is CC(C)=CC1C(C(=O)N(CC(C)C)c2c(N)n(CC(C)C)c(=O)[nH]c2=O)C1(C)C. The van der Waals surface area contributed by atoms with E-state index in [1.54, 1.807) is 0 Å². The fraction of sp³-hybridized carbons (Fsp3) is 0.682. The van der Waals surface area contributed by atoms with Gasteiger partial charge in [-0.2, -0.15) is 0 Å². The lowest BCUT2D eigenvalue weighted by atomic mass is 10.1. The van der Waals surface area contributed by atoms with Crippen molar-refractivity contribution in [3.63, 3.8) is 0 Å². The molecular formula is C22H36N4O3. The first-order chi connectivity index (χ1) is 13.3. The van der Waals surface area contributed by atoms with Crippen LogP contribution in [0, 0.1) is 29.1 Å². The number of allylic oxidation sites excluding steroid dienone is 2. The van der Waals surface area contributed by atoms with E-state index < -0.39 is 11.2 Å². The Morgan fingerprint density at radius 3 is 2.28 bits per heavy atom. The Kier molecular flexibility index (Phi) is 6.50. The van der Waals surface area contributed by atoms with Crippen LogP contribution in [-0.2, 0) is 11.3 Å². The number of hydrogen-bond donors (Lipinski definition) is 2. The minimum atomic E-state index is -0.612. The standard InChI is InChI=1S/C22H36N4O3/c1-12(2)9-15-16(22(15,7)8)20(28)25(10-13(3)4)17-18(23)26(11-14(5)6)21(29)24-19(17)27/h9,13-16H,10-11,23H2,1-8H3,(H,24,27,29). The number of rotatable bonds is 7. The third kappa shape index (κ3) is 4.65. The maximum absolute atomic E-state index is 13.6. The monoisotopic (exact) mass is 404 g/mol. The molecule has 0 radical (unpaired) electrons. The number of aromatic amines is 1. The Labute approximate surface area is 173 Å². The number of carbonyl (C=O) groups excluding carboxylic acids is 1. The van der Waals surface area contributed by atoms with Crippen LogP contribution in [0.4, 0.5) is 11.5 Å². The second-order valence-electron chi connectivity index (χ2n) is 9.91. The van der Waals surface area contributed by atoms with E-state index in [9.17, 15) is 14.4 Å². The highest BCUT2D eigenvalue weighted by atomic mass is 16.2. The van der Waals surface area contributed by atoms with Gasteiger partial charge in [0.25, 0.3) is 5.56 Å². The fourth-order valence-corrected chi connectivity index (χ4v) is 4.03. The Morgan fingerprint density at radius 1 is 1.21 bits per heavy atom. The molecule has 29 heavy (non-hydrogen) atoms. The number of nitrogens with two attached hydrogens (primary N) is 1. The van der Waals surface area contributed by atoms with Crippen LogP contribution in [-0.4, -0.2) is 22.0 Å². The largest absolute Gasteiger partial charge is 0.383 e. The van der Waals surface area contributed by atoms with E-state index in [-0.39, 0.29) is 46.5 Å². The molecule has 1 aromatic rings. The van der Waals surface area contributed by atoms with Crippen LogP contribution in [0.3, 0.4) is 0 Å². The molecule has 7 heteroatoms. The van der Waals surface area contributed by atoms with Gasteiger partial charge in [-0.15, -0.1) is 0 Å². The van der Waals surface area contributed by atoms with Gasteiger partial charge in [-0.1, -0.05) is 53.2 Å². The first kappa shape index (κ1) is 23.0. The number of nitrogen functional groups attached to an aromatic ring is 1. The molecular weight excluding hydrogens is 368 g/mol. The van der Waals surface area contributed by atoms with Gasteiger partial charge in [0.2, 0.25) is 5.91 Å². The van der Waals surface area contributed by atoms with Crippen LogP contribution >= 0.6 is 0 Å². The number of aromatic nitrogens is 2. The molecule has 2 unspecified atom stereocenters. The van der Waals surface area contributed by atoms with Gasteiger partial charge in [-0.05, 0) is 37.0 Å². The third-order valence-corrected chi connectivity index (χ3v) is 5.54. The van der Waals surface area contributed by atoms with E-state index >= 15 is 0 Å². The van der Waals surface area contributed by atoms with E-state index in [2.05, 4.69) is 24.9 Å². The Balaban J connectivity index is 2.57. The van der Waals surface area contributed by atoms with E-state index in [4.69, 9.17) is 5.73 Å². The lowest BCUT2D eigenvalue weighted by Gasteiger charge is -2.27. The Morgan fingerprint density at radius 2 is 1.79 bits per heavy atom. The lowest BCUT2D eigenvalue weighted by molar-refractivity contribution is -0.120. The van der Waals surface area contributed by atoms with Crippen molar-refractivity contribution < 1.29 is 4.79 Å². The van der Waals surface area contributed by atoms with Gasteiger partial charge in [-0.3, -0.25) is 19.1 Å². The average Bonchev–Trinajstić information content (AvgIpc) is 3.08. The van der Waals surface area contributed by atoms with Crippen LogP contribution in [0.15, 0.2) is 21.2 Å². The summed E-state index contributed by atoms with van der Waals surface area (Å²) in [6.45, 7) is 16.8. The molecule has 0 bridgehead atoms. The highest BCUT2D eigenvalue weighted by Crippen LogP contribution is 2.60. The first-order valence-corrected chi connectivity index (χ1v) is 10.4. The summed E-state index contributed by atoms with van der Waals surface area (Å²) in [4.78, 5) is 42.5. The van der Waals surface area contributed by atoms with Crippen molar-refractivity contribution in [2.45, 2.75) is 61.9 Å². The smallest absolute Gasteiger partial charge is 0.330 e. The normalized spacial score (nSPS) is 20.1. The molecule has 3 N–H and O–H groups in total. The summed E-state index contributed by atoms with van der Waals surface area (Å²) in [5, 5.41) is 0. The zero-order chi connectivity index (χ0) is 22.3. The summed E-state index contributed by atoms with van der Waals surface area (Å²) in [6.07, 6.45) is 2.13. The summed E-state index contributed by atoms with van der Waals surface area (Å²) in [5.74, 6) is 0.133. The van der Waals surface area contributed by atoms with Crippen molar-refractivity contribution in [2.24, 2.45) is 29.1 Å². The first-order valence-electron chi connectivity index (χ1n) is 10.4. The molecule has 162 valence electrons. The number of hydrogen-bond acceptors (Lipinski definition) is 4. The number of H-pyrrole nitrogens is 1. The summed E-state index contributed by atoms with van der Waals surface area (Å²) < 4.78 is 1.35. The minimum absolute atomic E-state index is 0.0543.